The van der Waals surface area contributed by atoms with Crippen molar-refractivity contribution in [2.75, 3.05) is 6.61 Å². The second kappa shape index (κ2) is 7.61. The summed E-state index contributed by atoms with van der Waals surface area (Å²) < 4.78 is 8.37. The minimum atomic E-state index is 0.619. The van der Waals surface area contributed by atoms with E-state index in [0.717, 1.165) is 40.6 Å². The molecule has 0 saturated heterocycles. The van der Waals surface area contributed by atoms with Crippen LogP contribution in [0.15, 0.2) is 24.8 Å². The lowest BCUT2D eigenvalue weighted by Gasteiger charge is -2.10. The molecule has 0 unspecified atom stereocenters. The number of rotatable bonds is 7. The monoisotopic (exact) mass is 337 g/mol. The Morgan fingerprint density at radius 2 is 2.09 bits per heavy atom. The molecule has 0 saturated carbocycles. The van der Waals surface area contributed by atoms with Crippen molar-refractivity contribution < 1.29 is 4.74 Å². The molecule has 0 fully saturated rings. The van der Waals surface area contributed by atoms with Gasteiger partial charge in [-0.15, -0.1) is 6.58 Å². The third-order valence-corrected chi connectivity index (χ3v) is 4.28. The lowest BCUT2D eigenvalue weighted by atomic mass is 10.1. The maximum Gasteiger partial charge on any atom is 0.195 e. The van der Waals surface area contributed by atoms with Crippen molar-refractivity contribution in [1.29, 1.82) is 0 Å². The van der Waals surface area contributed by atoms with Gasteiger partial charge in [-0.2, -0.15) is 5.10 Å². The van der Waals surface area contributed by atoms with E-state index >= 15 is 0 Å². The standard InChI is InChI=1S/C16H20ClN3OS/c1-4-7-20-14(18-19-16(20)22)6-5-8-21-13-9-11(2)15(17)12(3)10-13/h4,9-10H,1,5-8H2,2-3H3,(H,19,22). The number of aryl methyl sites for hydroxylation is 3. The van der Waals surface area contributed by atoms with E-state index < -0.39 is 0 Å². The van der Waals surface area contributed by atoms with E-state index in [-0.39, 0.29) is 0 Å². The zero-order chi connectivity index (χ0) is 16.1. The van der Waals surface area contributed by atoms with Gasteiger partial charge in [-0.1, -0.05) is 17.7 Å². The first kappa shape index (κ1) is 16.8. The number of hydrogen-bond donors (Lipinski definition) is 1. The number of aromatic nitrogens is 3. The Hall–Kier alpha value is -1.59. The number of hydrogen-bond acceptors (Lipinski definition) is 3. The van der Waals surface area contributed by atoms with Gasteiger partial charge < -0.3 is 9.30 Å². The van der Waals surface area contributed by atoms with E-state index in [2.05, 4.69) is 16.8 Å². The van der Waals surface area contributed by atoms with Gasteiger partial charge in [0.15, 0.2) is 4.77 Å². The normalized spacial score (nSPS) is 10.7. The molecule has 1 aromatic heterocycles. The van der Waals surface area contributed by atoms with Crippen molar-refractivity contribution in [3.8, 4) is 5.75 Å². The number of H-pyrrole nitrogens is 1. The SMILES string of the molecule is C=CCn1c(CCCOc2cc(C)c(Cl)c(C)c2)n[nH]c1=S. The Morgan fingerprint density at radius 3 is 2.73 bits per heavy atom. The largest absolute Gasteiger partial charge is 0.494 e. The maximum atomic E-state index is 6.15. The summed E-state index contributed by atoms with van der Waals surface area (Å²) >= 11 is 11.3. The molecule has 118 valence electrons. The molecule has 1 heterocycles. The molecule has 4 nitrogen and oxygen atoms in total. The first-order chi connectivity index (χ1) is 10.5. The van der Waals surface area contributed by atoms with Gasteiger partial charge in [0.2, 0.25) is 0 Å². The fourth-order valence-electron chi connectivity index (χ4n) is 2.27. The van der Waals surface area contributed by atoms with Crippen LogP contribution < -0.4 is 4.74 Å². The number of ether oxygens (including phenoxy) is 1. The Labute approximate surface area is 140 Å². The van der Waals surface area contributed by atoms with Gasteiger partial charge in [0, 0.05) is 18.0 Å². The molecule has 2 rings (SSSR count). The van der Waals surface area contributed by atoms with E-state index in [1.807, 2.05) is 36.6 Å². The molecule has 0 radical (unpaired) electrons. The molecule has 0 amide bonds. The average molecular weight is 338 g/mol. The van der Waals surface area contributed by atoms with Crippen molar-refractivity contribution in [1.82, 2.24) is 14.8 Å². The predicted molar refractivity (Wildman–Crippen MR) is 92.4 cm³/mol. The molecule has 0 aliphatic carbocycles. The van der Waals surface area contributed by atoms with E-state index in [9.17, 15) is 0 Å². The summed E-state index contributed by atoms with van der Waals surface area (Å²) in [4.78, 5) is 0. The molecule has 0 aliphatic rings. The van der Waals surface area contributed by atoms with Crippen LogP contribution >= 0.6 is 23.8 Å². The minimum absolute atomic E-state index is 0.619. The van der Waals surface area contributed by atoms with Crippen LogP contribution in [0.3, 0.4) is 0 Å². The molecule has 0 atom stereocenters. The van der Waals surface area contributed by atoms with Crippen molar-refractivity contribution >= 4 is 23.8 Å². The van der Waals surface area contributed by atoms with Crippen LogP contribution in [0.5, 0.6) is 5.75 Å². The van der Waals surface area contributed by atoms with Gasteiger partial charge in [0.05, 0.1) is 6.61 Å². The number of nitrogens with zero attached hydrogens (tertiary/aromatic N) is 2. The van der Waals surface area contributed by atoms with Gasteiger partial charge in [-0.25, -0.2) is 0 Å². The zero-order valence-electron chi connectivity index (χ0n) is 12.9. The number of benzene rings is 1. The lowest BCUT2D eigenvalue weighted by Crippen LogP contribution is -2.06. The predicted octanol–water partition coefficient (Wildman–Crippen LogP) is 4.41. The van der Waals surface area contributed by atoms with Crippen molar-refractivity contribution in [3.63, 3.8) is 0 Å². The molecule has 22 heavy (non-hydrogen) atoms. The molecule has 2 aromatic rings. The average Bonchev–Trinajstić information content (AvgIpc) is 2.82. The van der Waals surface area contributed by atoms with Gasteiger partial charge in [0.1, 0.15) is 11.6 Å². The number of nitrogens with one attached hydrogen (secondary N) is 1. The highest BCUT2D eigenvalue weighted by molar-refractivity contribution is 7.71. The second-order valence-corrected chi connectivity index (χ2v) is 5.93. The molecule has 6 heteroatoms. The first-order valence-corrected chi connectivity index (χ1v) is 7.96. The van der Waals surface area contributed by atoms with Crippen LogP contribution in [0, 0.1) is 18.6 Å². The van der Waals surface area contributed by atoms with Gasteiger partial charge in [-0.3, -0.25) is 5.10 Å². The summed E-state index contributed by atoms with van der Waals surface area (Å²) in [5.74, 6) is 1.78. The van der Waals surface area contributed by atoms with Crippen molar-refractivity contribution in [3.05, 3.63) is 51.5 Å². The van der Waals surface area contributed by atoms with E-state index in [0.29, 0.717) is 17.9 Å². The maximum absolute atomic E-state index is 6.15. The Kier molecular flexibility index (Phi) is 5.80. The Morgan fingerprint density at radius 1 is 1.41 bits per heavy atom. The zero-order valence-corrected chi connectivity index (χ0v) is 14.4. The van der Waals surface area contributed by atoms with Gasteiger partial charge >= 0.3 is 0 Å². The van der Waals surface area contributed by atoms with Crippen LogP contribution in [0.2, 0.25) is 5.02 Å². The second-order valence-electron chi connectivity index (χ2n) is 5.17. The van der Waals surface area contributed by atoms with Crippen LogP contribution in [-0.4, -0.2) is 21.4 Å². The highest BCUT2D eigenvalue weighted by Crippen LogP contribution is 2.25. The summed E-state index contributed by atoms with van der Waals surface area (Å²) in [6.45, 7) is 8.98. The molecule has 0 spiro atoms. The molecule has 0 aliphatic heterocycles. The number of halogens is 1. The summed E-state index contributed by atoms with van der Waals surface area (Å²) in [6.07, 6.45) is 3.47. The third kappa shape index (κ3) is 3.99. The topological polar surface area (TPSA) is 42.8 Å². The highest BCUT2D eigenvalue weighted by atomic mass is 35.5. The first-order valence-electron chi connectivity index (χ1n) is 7.17. The lowest BCUT2D eigenvalue weighted by molar-refractivity contribution is 0.309. The molecule has 0 bridgehead atoms. The molecule has 1 N–H and O–H groups in total. The summed E-state index contributed by atoms with van der Waals surface area (Å²) in [6, 6.07) is 3.92. The third-order valence-electron chi connectivity index (χ3n) is 3.37. The summed E-state index contributed by atoms with van der Waals surface area (Å²) in [5.41, 5.74) is 2.06. The number of aromatic amines is 1. The van der Waals surface area contributed by atoms with Crippen molar-refractivity contribution in [2.24, 2.45) is 0 Å². The molecular weight excluding hydrogens is 318 g/mol. The smallest absolute Gasteiger partial charge is 0.195 e. The van der Waals surface area contributed by atoms with Crippen LogP contribution in [-0.2, 0) is 13.0 Å². The summed E-state index contributed by atoms with van der Waals surface area (Å²) in [7, 11) is 0. The highest BCUT2D eigenvalue weighted by Gasteiger charge is 2.06. The molecular formula is C16H20ClN3OS. The van der Waals surface area contributed by atoms with E-state index in [1.54, 1.807) is 0 Å². The molecule has 1 aromatic carbocycles. The fourth-order valence-corrected chi connectivity index (χ4v) is 2.60. The van der Waals surface area contributed by atoms with Crippen LogP contribution in [0.25, 0.3) is 0 Å². The minimum Gasteiger partial charge on any atom is -0.494 e. The van der Waals surface area contributed by atoms with Gasteiger partial charge in [0.25, 0.3) is 0 Å². The van der Waals surface area contributed by atoms with E-state index in [1.165, 1.54) is 0 Å². The fraction of sp³-hybridized carbons (Fsp3) is 0.375. The van der Waals surface area contributed by atoms with E-state index in [4.69, 9.17) is 28.6 Å². The quantitative estimate of drug-likeness (QED) is 0.462. The Bertz CT molecular complexity index is 697. The number of allylic oxidation sites excluding steroid dienone is 1. The van der Waals surface area contributed by atoms with Gasteiger partial charge in [-0.05, 0) is 55.7 Å². The van der Waals surface area contributed by atoms with Crippen LogP contribution in [0.4, 0.5) is 0 Å². The Balaban J connectivity index is 1.90. The summed E-state index contributed by atoms with van der Waals surface area (Å²) in [5, 5.41) is 7.86. The van der Waals surface area contributed by atoms with Crippen LogP contribution in [0.1, 0.15) is 23.4 Å². The van der Waals surface area contributed by atoms with Crippen molar-refractivity contribution in [2.45, 2.75) is 33.2 Å².